The Morgan fingerprint density at radius 1 is 1.04 bits per heavy atom. The molecule has 0 aliphatic heterocycles. The third kappa shape index (κ3) is 3.99. The third-order valence-corrected chi connectivity index (χ3v) is 5.16. The molecule has 1 amide bonds. The van der Waals surface area contributed by atoms with E-state index in [1.807, 2.05) is 48.5 Å². The minimum atomic E-state index is -0.152. The summed E-state index contributed by atoms with van der Waals surface area (Å²) in [6, 6.07) is 19.7. The number of nitrogens with one attached hydrogen (secondary N) is 1. The van der Waals surface area contributed by atoms with E-state index in [0.717, 1.165) is 16.9 Å². The molecular weight excluding hydrogens is 356 g/mol. The van der Waals surface area contributed by atoms with Crippen molar-refractivity contribution in [1.29, 1.82) is 0 Å². The van der Waals surface area contributed by atoms with Crippen LogP contribution in [0, 0.1) is 0 Å². The number of nitrogens with zero attached hydrogens (tertiary/aromatic N) is 1. The van der Waals surface area contributed by atoms with Gasteiger partial charge in [0.2, 0.25) is 0 Å². The predicted molar refractivity (Wildman–Crippen MR) is 109 cm³/mol. The van der Waals surface area contributed by atoms with Crippen molar-refractivity contribution in [3.63, 3.8) is 0 Å². The topological polar surface area (TPSA) is 51.2 Å². The summed E-state index contributed by atoms with van der Waals surface area (Å²) in [4.78, 5) is 16.7. The van der Waals surface area contributed by atoms with Gasteiger partial charge >= 0.3 is 0 Å². The summed E-state index contributed by atoms with van der Waals surface area (Å²) >= 11 is 1.69. The highest BCUT2D eigenvalue weighted by molar-refractivity contribution is 7.17. The Hall–Kier alpha value is -3.18. The Labute approximate surface area is 161 Å². The molecule has 1 N–H and O–H groups in total. The number of ether oxygens (including phenoxy) is 1. The zero-order valence-electron chi connectivity index (χ0n) is 14.6. The lowest BCUT2D eigenvalue weighted by Gasteiger charge is -2.08. The summed E-state index contributed by atoms with van der Waals surface area (Å²) in [5, 5.41) is 6.16. The lowest BCUT2D eigenvalue weighted by molar-refractivity contribution is 0.0946. The number of amides is 1. The van der Waals surface area contributed by atoms with Crippen LogP contribution in [0.4, 0.5) is 0 Å². The predicted octanol–water partition coefficient (Wildman–Crippen LogP) is 4.77. The molecule has 2 aromatic heterocycles. The van der Waals surface area contributed by atoms with Crippen molar-refractivity contribution in [2.45, 2.75) is 0 Å². The molecular formula is C22H18N2O2S. The summed E-state index contributed by atoms with van der Waals surface area (Å²) in [5.74, 6) is 0.639. The smallest absolute Gasteiger partial charge is 0.252 e. The molecule has 0 bridgehead atoms. The molecule has 0 saturated carbocycles. The molecule has 5 heteroatoms. The average molecular weight is 374 g/mol. The number of hydrogen-bond donors (Lipinski definition) is 1. The zero-order chi connectivity index (χ0) is 18.5. The number of carbonyl (C=O) groups excluding carboxylic acids is 1. The van der Waals surface area contributed by atoms with Gasteiger partial charge in [-0.05, 0) is 29.6 Å². The molecule has 27 heavy (non-hydrogen) atoms. The van der Waals surface area contributed by atoms with Crippen LogP contribution in [0.25, 0.3) is 21.2 Å². The second-order valence-corrected chi connectivity index (χ2v) is 6.94. The number of thiophene rings is 1. The highest BCUT2D eigenvalue weighted by atomic mass is 32.1. The summed E-state index contributed by atoms with van der Waals surface area (Å²) in [7, 11) is 0. The van der Waals surface area contributed by atoms with Gasteiger partial charge in [-0.25, -0.2) is 0 Å². The first-order chi connectivity index (χ1) is 13.3. The lowest BCUT2D eigenvalue weighted by Crippen LogP contribution is -2.28. The summed E-state index contributed by atoms with van der Waals surface area (Å²) in [6.07, 6.45) is 3.38. The van der Waals surface area contributed by atoms with Crippen molar-refractivity contribution in [3.05, 3.63) is 84.0 Å². The second kappa shape index (κ2) is 8.01. The fraction of sp³-hybridized carbons (Fsp3) is 0.0909. The van der Waals surface area contributed by atoms with E-state index in [1.54, 1.807) is 23.7 Å². The van der Waals surface area contributed by atoms with Gasteiger partial charge in [-0.3, -0.25) is 9.78 Å². The van der Waals surface area contributed by atoms with Gasteiger partial charge in [-0.15, -0.1) is 11.3 Å². The van der Waals surface area contributed by atoms with E-state index in [4.69, 9.17) is 4.74 Å². The van der Waals surface area contributed by atoms with Crippen molar-refractivity contribution in [3.8, 4) is 16.9 Å². The Morgan fingerprint density at radius 2 is 1.85 bits per heavy atom. The molecule has 0 atom stereocenters. The number of fused-ring (bicyclic) bond motifs is 1. The van der Waals surface area contributed by atoms with Gasteiger partial charge in [0.25, 0.3) is 5.91 Å². The largest absolute Gasteiger partial charge is 0.492 e. The number of para-hydroxylation sites is 1. The molecule has 0 spiro atoms. The molecule has 0 aliphatic rings. The second-order valence-electron chi connectivity index (χ2n) is 6.03. The van der Waals surface area contributed by atoms with Crippen molar-refractivity contribution in [2.24, 2.45) is 0 Å². The van der Waals surface area contributed by atoms with Crippen LogP contribution >= 0.6 is 11.3 Å². The molecule has 2 heterocycles. The van der Waals surface area contributed by atoms with Gasteiger partial charge in [-0.1, -0.05) is 36.4 Å². The van der Waals surface area contributed by atoms with Gasteiger partial charge < -0.3 is 10.1 Å². The fourth-order valence-corrected chi connectivity index (χ4v) is 3.83. The lowest BCUT2D eigenvalue weighted by atomic mass is 10.0. The SMILES string of the molecule is O=C(NCCOc1ccccc1)c1cncc(-c2csc3ccccc23)c1. The van der Waals surface area contributed by atoms with Gasteiger partial charge in [0, 0.05) is 33.6 Å². The number of aromatic nitrogens is 1. The molecule has 0 saturated heterocycles. The van der Waals surface area contributed by atoms with Crippen LogP contribution in [0.2, 0.25) is 0 Å². The minimum absolute atomic E-state index is 0.152. The molecule has 4 aromatic rings. The Balaban J connectivity index is 1.42. The number of carbonyl (C=O) groups is 1. The maximum Gasteiger partial charge on any atom is 0.252 e. The van der Waals surface area contributed by atoms with E-state index in [0.29, 0.717) is 18.7 Å². The van der Waals surface area contributed by atoms with Crippen LogP contribution in [0.5, 0.6) is 5.75 Å². The van der Waals surface area contributed by atoms with Crippen LogP contribution in [0.15, 0.2) is 78.4 Å². The van der Waals surface area contributed by atoms with E-state index in [1.165, 1.54) is 10.1 Å². The Morgan fingerprint density at radius 3 is 2.74 bits per heavy atom. The fourth-order valence-electron chi connectivity index (χ4n) is 2.86. The van der Waals surface area contributed by atoms with Crippen molar-refractivity contribution in [1.82, 2.24) is 10.3 Å². The third-order valence-electron chi connectivity index (χ3n) is 4.19. The van der Waals surface area contributed by atoms with E-state index < -0.39 is 0 Å². The minimum Gasteiger partial charge on any atom is -0.492 e. The maximum absolute atomic E-state index is 12.4. The van der Waals surface area contributed by atoms with E-state index >= 15 is 0 Å². The Bertz CT molecular complexity index is 1060. The van der Waals surface area contributed by atoms with Crippen molar-refractivity contribution >= 4 is 27.3 Å². The summed E-state index contributed by atoms with van der Waals surface area (Å²) in [5.41, 5.74) is 2.59. The summed E-state index contributed by atoms with van der Waals surface area (Å²) in [6.45, 7) is 0.845. The van der Waals surface area contributed by atoms with E-state index in [9.17, 15) is 4.79 Å². The van der Waals surface area contributed by atoms with Crippen LogP contribution in [-0.2, 0) is 0 Å². The van der Waals surface area contributed by atoms with Crippen molar-refractivity contribution < 1.29 is 9.53 Å². The number of pyridine rings is 1. The summed E-state index contributed by atoms with van der Waals surface area (Å²) < 4.78 is 6.82. The van der Waals surface area contributed by atoms with E-state index in [2.05, 4.69) is 27.8 Å². The molecule has 0 radical (unpaired) electrons. The van der Waals surface area contributed by atoms with Crippen LogP contribution in [0.1, 0.15) is 10.4 Å². The quantitative estimate of drug-likeness (QED) is 0.495. The molecule has 4 rings (SSSR count). The van der Waals surface area contributed by atoms with Crippen LogP contribution in [0.3, 0.4) is 0 Å². The molecule has 0 fully saturated rings. The highest BCUT2D eigenvalue weighted by Gasteiger charge is 2.10. The first-order valence-electron chi connectivity index (χ1n) is 8.69. The standard InChI is InChI=1S/C22H18N2O2S/c25-22(24-10-11-26-18-6-2-1-3-7-18)17-12-16(13-23-14-17)20-15-27-21-9-5-4-8-19(20)21/h1-9,12-15H,10-11H2,(H,24,25). The molecule has 0 unspecified atom stereocenters. The number of benzene rings is 2. The number of rotatable bonds is 6. The van der Waals surface area contributed by atoms with Crippen LogP contribution in [-0.4, -0.2) is 24.0 Å². The first-order valence-corrected chi connectivity index (χ1v) is 9.57. The first kappa shape index (κ1) is 17.2. The molecule has 2 aromatic carbocycles. The molecule has 4 nitrogen and oxygen atoms in total. The monoisotopic (exact) mass is 374 g/mol. The average Bonchev–Trinajstić information content (AvgIpc) is 3.16. The molecule has 134 valence electrons. The molecule has 0 aliphatic carbocycles. The zero-order valence-corrected chi connectivity index (χ0v) is 15.4. The number of hydrogen-bond acceptors (Lipinski definition) is 4. The van der Waals surface area contributed by atoms with Crippen LogP contribution < -0.4 is 10.1 Å². The Kier molecular flexibility index (Phi) is 5.12. The van der Waals surface area contributed by atoms with Gasteiger partial charge in [0.05, 0.1) is 12.1 Å². The van der Waals surface area contributed by atoms with Crippen molar-refractivity contribution in [2.75, 3.05) is 13.2 Å². The van der Waals surface area contributed by atoms with Gasteiger partial charge in [0.1, 0.15) is 12.4 Å². The highest BCUT2D eigenvalue weighted by Crippen LogP contribution is 2.33. The van der Waals surface area contributed by atoms with E-state index in [-0.39, 0.29) is 5.91 Å². The van der Waals surface area contributed by atoms with Gasteiger partial charge in [-0.2, -0.15) is 0 Å². The normalized spacial score (nSPS) is 10.7. The van der Waals surface area contributed by atoms with Gasteiger partial charge in [0.15, 0.2) is 0 Å². The maximum atomic E-state index is 12.4.